The molecule has 0 fully saturated rings. The predicted molar refractivity (Wildman–Crippen MR) is 98.8 cm³/mol. The fourth-order valence-corrected chi connectivity index (χ4v) is 3.24. The smallest absolute Gasteiger partial charge is 0.337 e. The van der Waals surface area contributed by atoms with Crippen molar-refractivity contribution in [1.82, 2.24) is 14.9 Å². The van der Waals surface area contributed by atoms with Crippen LogP contribution >= 0.6 is 11.3 Å². The minimum atomic E-state index is -4.31. The van der Waals surface area contributed by atoms with Crippen molar-refractivity contribution in [2.24, 2.45) is 0 Å². The second-order valence-electron chi connectivity index (χ2n) is 5.81. The summed E-state index contributed by atoms with van der Waals surface area (Å²) in [5.41, 5.74) is 2.69. The van der Waals surface area contributed by atoms with E-state index in [1.54, 1.807) is 17.4 Å². The molecule has 2 amide bonds. The molecule has 0 aliphatic carbocycles. The van der Waals surface area contributed by atoms with Gasteiger partial charge in [0.15, 0.2) is 0 Å². The third-order valence-electron chi connectivity index (χ3n) is 3.76. The van der Waals surface area contributed by atoms with Crippen molar-refractivity contribution < 1.29 is 18.0 Å². The van der Waals surface area contributed by atoms with Gasteiger partial charge in [-0.05, 0) is 40.1 Å². The fourth-order valence-electron chi connectivity index (χ4n) is 2.57. The average Bonchev–Trinajstić information content (AvgIpc) is 3.26. The Kier molecular flexibility index (Phi) is 5.80. The largest absolute Gasteiger partial charge is 0.406 e. The van der Waals surface area contributed by atoms with Crippen molar-refractivity contribution in [2.75, 3.05) is 11.9 Å². The van der Waals surface area contributed by atoms with Crippen LogP contribution in [-0.4, -0.2) is 28.3 Å². The molecular weight excluding hydrogens is 377 g/mol. The van der Waals surface area contributed by atoms with Crippen LogP contribution in [0.25, 0.3) is 11.1 Å². The van der Waals surface area contributed by atoms with Gasteiger partial charge in [0.05, 0.1) is 0 Å². The summed E-state index contributed by atoms with van der Waals surface area (Å²) in [5, 5.41) is 9.35. The summed E-state index contributed by atoms with van der Waals surface area (Å²) in [6, 6.07) is 8.99. The van der Waals surface area contributed by atoms with Gasteiger partial charge >= 0.3 is 12.2 Å². The van der Waals surface area contributed by atoms with Gasteiger partial charge in [-0.1, -0.05) is 12.1 Å². The Hall–Kier alpha value is -2.81. The monoisotopic (exact) mass is 394 g/mol. The zero-order valence-electron chi connectivity index (χ0n) is 14.2. The third-order valence-corrected chi connectivity index (χ3v) is 4.44. The van der Waals surface area contributed by atoms with Crippen molar-refractivity contribution in [3.63, 3.8) is 0 Å². The van der Waals surface area contributed by atoms with Crippen LogP contribution in [0.2, 0.25) is 0 Å². The number of thiophene rings is 1. The molecule has 0 saturated carbocycles. The molecule has 2 heterocycles. The van der Waals surface area contributed by atoms with E-state index in [-0.39, 0.29) is 18.8 Å². The van der Waals surface area contributed by atoms with E-state index in [4.69, 9.17) is 0 Å². The first-order chi connectivity index (χ1) is 12.9. The Labute approximate surface area is 157 Å². The predicted octanol–water partition coefficient (Wildman–Crippen LogP) is 4.54. The lowest BCUT2D eigenvalue weighted by molar-refractivity contribution is -0.141. The van der Waals surface area contributed by atoms with Crippen LogP contribution in [0.15, 0.2) is 53.5 Å². The summed E-state index contributed by atoms with van der Waals surface area (Å²) in [6.45, 7) is -0.922. The van der Waals surface area contributed by atoms with E-state index in [9.17, 15) is 18.0 Å². The number of hydrogen-bond acceptors (Lipinski definition) is 3. The van der Waals surface area contributed by atoms with Gasteiger partial charge in [-0.15, -0.1) is 0 Å². The van der Waals surface area contributed by atoms with Crippen LogP contribution in [0.4, 0.5) is 23.7 Å². The number of urea groups is 1. The van der Waals surface area contributed by atoms with Gasteiger partial charge in [-0.3, -0.25) is 0 Å². The Balaban J connectivity index is 1.51. The van der Waals surface area contributed by atoms with Gasteiger partial charge in [0.2, 0.25) is 0 Å². The second-order valence-corrected chi connectivity index (χ2v) is 6.59. The second kappa shape index (κ2) is 8.26. The van der Waals surface area contributed by atoms with Crippen molar-refractivity contribution in [2.45, 2.75) is 19.1 Å². The van der Waals surface area contributed by atoms with E-state index in [0.717, 1.165) is 15.7 Å². The van der Waals surface area contributed by atoms with Gasteiger partial charge in [-0.25, -0.2) is 9.78 Å². The molecule has 0 radical (unpaired) electrons. The van der Waals surface area contributed by atoms with E-state index in [1.165, 1.54) is 12.4 Å². The van der Waals surface area contributed by atoms with Gasteiger partial charge < -0.3 is 15.2 Å². The standard InChI is InChI=1S/C18H17F3N4OS/c19-18(20,21)12-25-8-7-22-16(25)4-6-23-17(26)24-15-3-1-2-13(10-15)14-5-9-27-11-14/h1-3,5,7-11H,4,6,12H2,(H2,23,24,26). The molecule has 3 rings (SSSR count). The topological polar surface area (TPSA) is 59.0 Å². The molecule has 0 bridgehead atoms. The normalized spacial score (nSPS) is 11.4. The maximum atomic E-state index is 12.5. The molecule has 2 N–H and O–H groups in total. The number of nitrogens with one attached hydrogen (secondary N) is 2. The molecular formula is C18H17F3N4OS. The minimum absolute atomic E-state index is 0.172. The van der Waals surface area contributed by atoms with Gasteiger partial charge in [0, 0.05) is 31.0 Å². The zero-order valence-corrected chi connectivity index (χ0v) is 15.0. The number of benzene rings is 1. The number of nitrogens with zero attached hydrogens (tertiary/aromatic N) is 2. The highest BCUT2D eigenvalue weighted by molar-refractivity contribution is 7.08. The molecule has 1 aromatic carbocycles. The van der Waals surface area contributed by atoms with Crippen LogP contribution in [-0.2, 0) is 13.0 Å². The molecule has 5 nitrogen and oxygen atoms in total. The van der Waals surface area contributed by atoms with E-state index in [1.807, 2.05) is 35.0 Å². The molecule has 0 saturated heterocycles. The number of hydrogen-bond donors (Lipinski definition) is 2. The van der Waals surface area contributed by atoms with E-state index in [2.05, 4.69) is 15.6 Å². The molecule has 0 atom stereocenters. The number of imidazole rings is 1. The first-order valence-electron chi connectivity index (χ1n) is 8.15. The third kappa shape index (κ3) is 5.58. The number of carbonyl (C=O) groups is 1. The number of anilines is 1. The molecule has 27 heavy (non-hydrogen) atoms. The molecule has 9 heteroatoms. The molecule has 0 spiro atoms. The Morgan fingerprint density at radius 3 is 2.81 bits per heavy atom. The SMILES string of the molecule is O=C(NCCc1nccn1CC(F)(F)F)Nc1cccc(-c2ccsc2)c1. The summed E-state index contributed by atoms with van der Waals surface area (Å²) in [6.07, 6.45) is -1.52. The van der Waals surface area contributed by atoms with Crippen LogP contribution in [0.5, 0.6) is 0 Å². The van der Waals surface area contributed by atoms with Crippen molar-refractivity contribution in [3.8, 4) is 11.1 Å². The lowest BCUT2D eigenvalue weighted by atomic mass is 10.1. The number of amides is 2. The van der Waals surface area contributed by atoms with Crippen LogP contribution in [0.1, 0.15) is 5.82 Å². The van der Waals surface area contributed by atoms with Crippen LogP contribution < -0.4 is 10.6 Å². The minimum Gasteiger partial charge on any atom is -0.337 e. The lowest BCUT2D eigenvalue weighted by Crippen LogP contribution is -2.31. The van der Waals surface area contributed by atoms with Crippen LogP contribution in [0, 0.1) is 0 Å². The number of halogens is 3. The number of rotatable bonds is 6. The summed E-state index contributed by atoms with van der Waals surface area (Å²) in [7, 11) is 0. The maximum absolute atomic E-state index is 12.5. The Morgan fingerprint density at radius 1 is 1.22 bits per heavy atom. The summed E-state index contributed by atoms with van der Waals surface area (Å²) in [4.78, 5) is 15.9. The van der Waals surface area contributed by atoms with Crippen molar-refractivity contribution in [3.05, 3.63) is 59.3 Å². The van der Waals surface area contributed by atoms with Gasteiger partial charge in [0.1, 0.15) is 12.4 Å². The maximum Gasteiger partial charge on any atom is 0.406 e. The Morgan fingerprint density at radius 2 is 2.07 bits per heavy atom. The van der Waals surface area contributed by atoms with Crippen LogP contribution in [0.3, 0.4) is 0 Å². The summed E-state index contributed by atoms with van der Waals surface area (Å²) < 4.78 is 38.5. The molecule has 142 valence electrons. The first-order valence-corrected chi connectivity index (χ1v) is 9.09. The zero-order chi connectivity index (χ0) is 19.3. The van der Waals surface area contributed by atoms with Gasteiger partial charge in [-0.2, -0.15) is 24.5 Å². The van der Waals surface area contributed by atoms with E-state index >= 15 is 0 Å². The first kappa shape index (κ1) is 19.0. The number of carbonyl (C=O) groups excluding carboxylic acids is 1. The highest BCUT2D eigenvalue weighted by Gasteiger charge is 2.28. The molecule has 2 aromatic heterocycles. The summed E-state index contributed by atoms with van der Waals surface area (Å²) >= 11 is 1.59. The molecule has 0 aliphatic heterocycles. The number of aromatic nitrogens is 2. The Bertz CT molecular complexity index is 890. The highest BCUT2D eigenvalue weighted by atomic mass is 32.1. The summed E-state index contributed by atoms with van der Waals surface area (Å²) in [5.74, 6) is 0.270. The van der Waals surface area contributed by atoms with Gasteiger partial charge in [0.25, 0.3) is 0 Å². The van der Waals surface area contributed by atoms with E-state index < -0.39 is 18.8 Å². The molecule has 0 unspecified atom stereocenters. The highest BCUT2D eigenvalue weighted by Crippen LogP contribution is 2.24. The van der Waals surface area contributed by atoms with Crippen molar-refractivity contribution >= 4 is 23.1 Å². The fraction of sp³-hybridized carbons (Fsp3) is 0.222. The molecule has 0 aliphatic rings. The average molecular weight is 394 g/mol. The van der Waals surface area contributed by atoms with Crippen molar-refractivity contribution in [1.29, 1.82) is 0 Å². The lowest BCUT2D eigenvalue weighted by Gasteiger charge is -2.11. The van der Waals surface area contributed by atoms with E-state index in [0.29, 0.717) is 5.69 Å². The quantitative estimate of drug-likeness (QED) is 0.645. The molecule has 3 aromatic rings. The number of alkyl halides is 3.